The van der Waals surface area contributed by atoms with Crippen molar-refractivity contribution in [1.82, 2.24) is 25.3 Å². The molecule has 154 valence electrons. The summed E-state index contributed by atoms with van der Waals surface area (Å²) in [4.78, 5) is 28.6. The third-order valence-corrected chi connectivity index (χ3v) is 5.02. The Labute approximate surface area is 178 Å². The second-order valence-electron chi connectivity index (χ2n) is 7.27. The van der Waals surface area contributed by atoms with E-state index in [2.05, 4.69) is 25.3 Å². The summed E-state index contributed by atoms with van der Waals surface area (Å²) in [5.74, 6) is 1.87. The van der Waals surface area contributed by atoms with Crippen LogP contribution in [0.15, 0.2) is 78.9 Å². The summed E-state index contributed by atoms with van der Waals surface area (Å²) in [7, 11) is 0. The van der Waals surface area contributed by atoms with Gasteiger partial charge in [-0.25, -0.2) is 9.97 Å². The first-order chi connectivity index (χ1) is 15.2. The molecule has 0 saturated carbocycles. The highest BCUT2D eigenvalue weighted by molar-refractivity contribution is 5.79. The molecule has 1 unspecified atom stereocenters. The fourth-order valence-electron chi connectivity index (χ4n) is 3.55. The van der Waals surface area contributed by atoms with Crippen molar-refractivity contribution in [2.75, 3.05) is 6.61 Å². The van der Waals surface area contributed by atoms with Gasteiger partial charge in [-0.3, -0.25) is 4.79 Å². The van der Waals surface area contributed by atoms with E-state index in [1.807, 2.05) is 78.9 Å². The highest BCUT2D eigenvalue weighted by Gasteiger charge is 2.21. The maximum atomic E-state index is 12.7. The fourth-order valence-corrected chi connectivity index (χ4v) is 3.55. The van der Waals surface area contributed by atoms with Gasteiger partial charge in [-0.1, -0.05) is 42.5 Å². The van der Waals surface area contributed by atoms with Crippen LogP contribution in [0.2, 0.25) is 0 Å². The van der Waals surface area contributed by atoms with Gasteiger partial charge in [-0.05, 0) is 36.4 Å². The van der Waals surface area contributed by atoms with Gasteiger partial charge in [0, 0.05) is 6.42 Å². The Balaban J connectivity index is 1.38. The highest BCUT2D eigenvalue weighted by Crippen LogP contribution is 2.20. The number of carbonyl (C=O) groups is 1. The summed E-state index contributed by atoms with van der Waals surface area (Å²) in [6.45, 7) is -0.0825. The SMILES string of the molecule is O=C(COc1ccccc1)NC(Cc1nc2ccccc2[nH]1)c1nc2ccccc2[nH]1. The molecule has 2 aromatic heterocycles. The van der Waals surface area contributed by atoms with Crippen molar-refractivity contribution in [2.24, 2.45) is 0 Å². The summed E-state index contributed by atoms with van der Waals surface area (Å²) in [6, 6.07) is 24.5. The molecule has 0 aliphatic carbocycles. The van der Waals surface area contributed by atoms with Gasteiger partial charge in [0.1, 0.15) is 17.4 Å². The standard InChI is InChI=1S/C24H21N5O2/c30-23(15-31-16-8-2-1-3-9-16)27-21(24-28-19-12-6-7-13-20(19)29-24)14-22-25-17-10-4-5-11-18(17)26-22/h1-13,21H,14-15H2,(H,25,26)(H,27,30)(H,28,29). The van der Waals surface area contributed by atoms with Crippen molar-refractivity contribution in [1.29, 1.82) is 0 Å². The van der Waals surface area contributed by atoms with Crippen LogP contribution in [0.5, 0.6) is 5.75 Å². The van der Waals surface area contributed by atoms with E-state index in [4.69, 9.17) is 4.74 Å². The van der Waals surface area contributed by atoms with E-state index in [1.54, 1.807) is 0 Å². The number of hydrogen-bond donors (Lipinski definition) is 3. The first kappa shape index (κ1) is 18.9. The number of amides is 1. The Hall–Kier alpha value is -4.13. The molecule has 7 heteroatoms. The number of H-pyrrole nitrogens is 2. The number of fused-ring (bicyclic) bond motifs is 2. The molecule has 0 bridgehead atoms. The number of hydrogen-bond acceptors (Lipinski definition) is 4. The maximum absolute atomic E-state index is 12.7. The normalized spacial score (nSPS) is 12.1. The lowest BCUT2D eigenvalue weighted by Gasteiger charge is -2.16. The summed E-state index contributed by atoms with van der Waals surface area (Å²) >= 11 is 0. The van der Waals surface area contributed by atoms with Crippen LogP contribution in [-0.4, -0.2) is 32.4 Å². The monoisotopic (exact) mass is 411 g/mol. The largest absolute Gasteiger partial charge is 0.484 e. The van der Waals surface area contributed by atoms with Crippen molar-refractivity contribution in [3.05, 3.63) is 90.5 Å². The average molecular weight is 411 g/mol. The van der Waals surface area contributed by atoms with E-state index >= 15 is 0 Å². The minimum atomic E-state index is -0.389. The molecule has 0 radical (unpaired) electrons. The van der Waals surface area contributed by atoms with Crippen LogP contribution < -0.4 is 10.1 Å². The van der Waals surface area contributed by atoms with E-state index in [1.165, 1.54) is 0 Å². The smallest absolute Gasteiger partial charge is 0.258 e. The average Bonchev–Trinajstić information content (AvgIpc) is 3.41. The number of ether oxygens (including phenoxy) is 1. The van der Waals surface area contributed by atoms with Crippen molar-refractivity contribution < 1.29 is 9.53 Å². The van der Waals surface area contributed by atoms with Crippen LogP contribution in [0, 0.1) is 0 Å². The fraction of sp³-hybridized carbons (Fsp3) is 0.125. The molecule has 1 amide bonds. The van der Waals surface area contributed by atoms with Crippen LogP contribution in [0.3, 0.4) is 0 Å². The van der Waals surface area contributed by atoms with E-state index in [-0.39, 0.29) is 18.6 Å². The van der Waals surface area contributed by atoms with Gasteiger partial charge in [0.25, 0.3) is 5.91 Å². The van der Waals surface area contributed by atoms with Crippen LogP contribution in [0.25, 0.3) is 22.1 Å². The van der Waals surface area contributed by atoms with E-state index in [0.717, 1.165) is 27.9 Å². The van der Waals surface area contributed by atoms with Crippen LogP contribution in [0.4, 0.5) is 0 Å². The molecular weight excluding hydrogens is 390 g/mol. The minimum absolute atomic E-state index is 0.0825. The van der Waals surface area contributed by atoms with Gasteiger partial charge in [-0.15, -0.1) is 0 Å². The Bertz CT molecular complexity index is 1260. The van der Waals surface area contributed by atoms with E-state index < -0.39 is 0 Å². The molecule has 0 fully saturated rings. The molecule has 5 rings (SSSR count). The van der Waals surface area contributed by atoms with Gasteiger partial charge in [0.05, 0.1) is 28.1 Å². The molecule has 31 heavy (non-hydrogen) atoms. The molecule has 0 aliphatic heterocycles. The zero-order chi connectivity index (χ0) is 21.0. The number of aromatic nitrogens is 4. The Morgan fingerprint density at radius 3 is 2.19 bits per heavy atom. The quantitative estimate of drug-likeness (QED) is 0.378. The molecule has 0 spiro atoms. The molecule has 3 N–H and O–H groups in total. The molecule has 1 atom stereocenters. The molecule has 3 aromatic carbocycles. The molecule has 0 aliphatic rings. The number of nitrogens with zero attached hydrogens (tertiary/aromatic N) is 2. The van der Waals surface area contributed by atoms with Gasteiger partial charge in [0.2, 0.25) is 0 Å². The topological polar surface area (TPSA) is 95.7 Å². The number of rotatable bonds is 7. The number of imidazole rings is 2. The van der Waals surface area contributed by atoms with Gasteiger partial charge in [-0.2, -0.15) is 0 Å². The Kier molecular flexibility index (Phi) is 5.06. The summed E-state index contributed by atoms with van der Waals surface area (Å²) in [6.07, 6.45) is 0.464. The van der Waals surface area contributed by atoms with E-state index in [0.29, 0.717) is 18.0 Å². The summed E-state index contributed by atoms with van der Waals surface area (Å²) in [5, 5.41) is 3.04. The lowest BCUT2D eigenvalue weighted by molar-refractivity contribution is -0.123. The van der Waals surface area contributed by atoms with Gasteiger partial charge in [0.15, 0.2) is 6.61 Å². The van der Waals surface area contributed by atoms with Crippen LogP contribution in [-0.2, 0) is 11.2 Å². The first-order valence-electron chi connectivity index (χ1n) is 10.1. The number of carbonyl (C=O) groups excluding carboxylic acids is 1. The zero-order valence-electron chi connectivity index (χ0n) is 16.7. The van der Waals surface area contributed by atoms with Crippen LogP contribution in [0.1, 0.15) is 17.7 Å². The number of benzene rings is 3. The molecule has 7 nitrogen and oxygen atoms in total. The lowest BCUT2D eigenvalue weighted by Crippen LogP contribution is -2.34. The molecule has 0 saturated heterocycles. The summed E-state index contributed by atoms with van der Waals surface area (Å²) in [5.41, 5.74) is 3.61. The second-order valence-corrected chi connectivity index (χ2v) is 7.27. The number of aromatic amines is 2. The highest BCUT2D eigenvalue weighted by atomic mass is 16.5. The molecule has 5 aromatic rings. The summed E-state index contributed by atoms with van der Waals surface area (Å²) < 4.78 is 5.60. The van der Waals surface area contributed by atoms with Gasteiger partial charge < -0.3 is 20.0 Å². The third kappa shape index (κ3) is 4.25. The predicted octanol–water partition coefficient (Wildman–Crippen LogP) is 3.92. The van der Waals surface area contributed by atoms with Crippen molar-refractivity contribution in [3.63, 3.8) is 0 Å². The van der Waals surface area contributed by atoms with Crippen molar-refractivity contribution >= 4 is 28.0 Å². The Morgan fingerprint density at radius 2 is 1.48 bits per heavy atom. The number of para-hydroxylation sites is 5. The molecular formula is C24H21N5O2. The Morgan fingerprint density at radius 1 is 0.839 bits per heavy atom. The molecule has 2 heterocycles. The predicted molar refractivity (Wildman–Crippen MR) is 119 cm³/mol. The lowest BCUT2D eigenvalue weighted by atomic mass is 10.2. The van der Waals surface area contributed by atoms with E-state index in [9.17, 15) is 4.79 Å². The number of nitrogens with one attached hydrogen (secondary N) is 3. The second kappa shape index (κ2) is 8.31. The first-order valence-corrected chi connectivity index (χ1v) is 10.1. The minimum Gasteiger partial charge on any atom is -0.484 e. The van der Waals surface area contributed by atoms with Crippen molar-refractivity contribution in [3.8, 4) is 5.75 Å². The van der Waals surface area contributed by atoms with Gasteiger partial charge >= 0.3 is 0 Å². The zero-order valence-corrected chi connectivity index (χ0v) is 16.7. The van der Waals surface area contributed by atoms with Crippen molar-refractivity contribution in [2.45, 2.75) is 12.5 Å². The van der Waals surface area contributed by atoms with Crippen LogP contribution >= 0.6 is 0 Å². The maximum Gasteiger partial charge on any atom is 0.258 e. The third-order valence-electron chi connectivity index (χ3n) is 5.02.